The number of hydrogen-bond acceptors (Lipinski definition) is 4. The maximum Gasteiger partial charge on any atom is 0.441 e. The number of aliphatic hydroxyl groups is 1. The van der Waals surface area contributed by atoms with E-state index in [1.807, 2.05) is 0 Å². The molecule has 1 rings (SSSR count). The molecule has 0 saturated heterocycles. The van der Waals surface area contributed by atoms with Crippen LogP contribution in [0.3, 0.4) is 0 Å². The zero-order valence-electron chi connectivity index (χ0n) is 10.4. The number of hydrogen-bond donors (Lipinski definition) is 1. The summed E-state index contributed by atoms with van der Waals surface area (Å²) in [5.41, 5.74) is 6.76. The van der Waals surface area contributed by atoms with Crippen molar-refractivity contribution in [2.75, 3.05) is 6.61 Å². The number of carbonyl (C=O) groups is 2. The van der Waals surface area contributed by atoms with Crippen molar-refractivity contribution in [3.05, 3.63) is 17.7 Å². The highest BCUT2D eigenvalue weighted by Gasteiger charge is 2.44. The Morgan fingerprint density at radius 1 is 1.61 bits per heavy atom. The lowest BCUT2D eigenvalue weighted by Crippen LogP contribution is -2.43. The fourth-order valence-corrected chi connectivity index (χ4v) is 1.87. The normalized spacial score (nSPS) is 23.3. The summed E-state index contributed by atoms with van der Waals surface area (Å²) in [5, 5.41) is 10.2. The first-order chi connectivity index (χ1) is 8.46. The van der Waals surface area contributed by atoms with Gasteiger partial charge in [-0.05, 0) is 19.8 Å². The molecule has 2 atom stereocenters. The predicted octanol–water partition coefficient (Wildman–Crippen LogP) is 0.507. The molecule has 0 bridgehead atoms. The number of rotatable bonds is 5. The Bertz CT molecular complexity index is 437. The molecule has 98 valence electrons. The van der Waals surface area contributed by atoms with E-state index in [0.29, 0.717) is 12.8 Å². The number of carbonyl (C=O) groups excluding carboxylic acids is 2. The average Bonchev–Trinajstić information content (AvgIpc) is 2.77. The number of Topliss-reactive ketones (excluding diaryl/α,β-unsaturated/α-hetero) is 1. The summed E-state index contributed by atoms with van der Waals surface area (Å²) in [4.78, 5) is 26.1. The Balaban J connectivity index is 2.89. The van der Waals surface area contributed by atoms with Crippen molar-refractivity contribution in [2.45, 2.75) is 32.3 Å². The highest BCUT2D eigenvalue weighted by atomic mass is 16.5. The van der Waals surface area contributed by atoms with E-state index in [1.54, 1.807) is 13.0 Å². The van der Waals surface area contributed by atoms with Gasteiger partial charge in [0.05, 0.1) is 18.1 Å². The maximum atomic E-state index is 12.0. The summed E-state index contributed by atoms with van der Waals surface area (Å²) in [6.45, 7) is 3.14. The summed E-state index contributed by atoms with van der Waals surface area (Å²) >= 11 is 0. The van der Waals surface area contributed by atoms with Crippen molar-refractivity contribution in [1.29, 1.82) is 0 Å². The van der Waals surface area contributed by atoms with Gasteiger partial charge in [0.25, 0.3) is 5.78 Å². The minimum absolute atomic E-state index is 0.0731. The van der Waals surface area contributed by atoms with Crippen molar-refractivity contribution < 1.29 is 24.2 Å². The van der Waals surface area contributed by atoms with Crippen LogP contribution in [0.1, 0.15) is 26.7 Å². The van der Waals surface area contributed by atoms with Gasteiger partial charge < -0.3 is 15.4 Å². The van der Waals surface area contributed by atoms with E-state index in [0.717, 1.165) is 0 Å². The SMILES string of the molecule is CCOC(=O)C(=[N+]=[N-])C(=O)C(C)C1(O)C=CCC1. The molecule has 0 aliphatic heterocycles. The second-order valence-electron chi connectivity index (χ2n) is 4.19. The molecule has 0 saturated carbocycles. The van der Waals surface area contributed by atoms with Crippen molar-refractivity contribution in [3.8, 4) is 0 Å². The van der Waals surface area contributed by atoms with Crippen LogP contribution in [0.5, 0.6) is 0 Å². The van der Waals surface area contributed by atoms with Crippen molar-refractivity contribution in [1.82, 2.24) is 0 Å². The highest BCUT2D eigenvalue weighted by Crippen LogP contribution is 2.30. The van der Waals surface area contributed by atoms with E-state index < -0.39 is 29.0 Å². The van der Waals surface area contributed by atoms with Crippen molar-refractivity contribution in [3.63, 3.8) is 0 Å². The van der Waals surface area contributed by atoms with Gasteiger partial charge in [0.1, 0.15) is 0 Å². The molecule has 0 radical (unpaired) electrons. The van der Waals surface area contributed by atoms with Crippen molar-refractivity contribution in [2.24, 2.45) is 5.92 Å². The summed E-state index contributed by atoms with van der Waals surface area (Å²) in [6.07, 6.45) is 4.38. The smallest absolute Gasteiger partial charge is 0.441 e. The van der Waals surface area contributed by atoms with Gasteiger partial charge in [-0.1, -0.05) is 19.1 Å². The van der Waals surface area contributed by atoms with Crippen LogP contribution in [0, 0.1) is 5.92 Å². The molecule has 0 fully saturated rings. The zero-order valence-corrected chi connectivity index (χ0v) is 10.4. The molecular weight excluding hydrogens is 236 g/mol. The monoisotopic (exact) mass is 252 g/mol. The van der Waals surface area contributed by atoms with Crippen LogP contribution >= 0.6 is 0 Å². The Morgan fingerprint density at radius 3 is 2.72 bits per heavy atom. The van der Waals surface area contributed by atoms with Gasteiger partial charge in [-0.2, -0.15) is 4.79 Å². The van der Waals surface area contributed by atoms with Crippen LogP contribution in [0.2, 0.25) is 0 Å². The molecular formula is C12H16N2O4. The lowest BCUT2D eigenvalue weighted by Gasteiger charge is -2.25. The summed E-state index contributed by atoms with van der Waals surface area (Å²) in [6, 6.07) is 0. The molecule has 0 aromatic rings. The topological polar surface area (TPSA) is 100 Å². The van der Waals surface area contributed by atoms with Gasteiger partial charge in [-0.3, -0.25) is 4.79 Å². The quantitative estimate of drug-likeness (QED) is 0.192. The minimum Gasteiger partial charge on any atom is -0.457 e. The van der Waals surface area contributed by atoms with E-state index in [2.05, 4.69) is 9.53 Å². The largest absolute Gasteiger partial charge is 0.457 e. The van der Waals surface area contributed by atoms with Crippen LogP contribution in [-0.2, 0) is 14.3 Å². The molecule has 2 unspecified atom stereocenters. The lowest BCUT2D eigenvalue weighted by molar-refractivity contribution is -0.143. The molecule has 0 aromatic heterocycles. The molecule has 6 heteroatoms. The van der Waals surface area contributed by atoms with Crippen LogP contribution in [0.4, 0.5) is 0 Å². The van der Waals surface area contributed by atoms with Gasteiger partial charge in [0.15, 0.2) is 0 Å². The standard InChI is InChI=1S/C12H16N2O4/c1-3-18-11(16)9(14-13)10(15)8(2)12(17)6-4-5-7-12/h4,6,8,17H,3,5,7H2,1-2H3. The Morgan fingerprint density at radius 2 is 2.28 bits per heavy atom. The summed E-state index contributed by atoms with van der Waals surface area (Å²) in [7, 11) is 0. The van der Waals surface area contributed by atoms with E-state index in [1.165, 1.54) is 13.0 Å². The number of nitrogens with zero attached hydrogens (tertiary/aromatic N) is 2. The van der Waals surface area contributed by atoms with Crippen LogP contribution in [-0.4, -0.2) is 39.6 Å². The molecule has 18 heavy (non-hydrogen) atoms. The lowest BCUT2D eigenvalue weighted by atomic mass is 9.83. The fourth-order valence-electron chi connectivity index (χ4n) is 1.87. The Hall–Kier alpha value is -1.78. The Labute approximate surface area is 105 Å². The van der Waals surface area contributed by atoms with E-state index in [9.17, 15) is 14.7 Å². The summed E-state index contributed by atoms with van der Waals surface area (Å²) in [5.74, 6) is -2.58. The van der Waals surface area contributed by atoms with Crippen LogP contribution < -0.4 is 0 Å². The molecule has 0 spiro atoms. The number of ether oxygens (including phenoxy) is 1. The number of esters is 1. The van der Waals surface area contributed by atoms with Gasteiger partial charge in [-0.15, -0.1) is 0 Å². The molecule has 1 N–H and O–H groups in total. The molecule has 0 heterocycles. The van der Waals surface area contributed by atoms with Gasteiger partial charge in [0.2, 0.25) is 0 Å². The van der Waals surface area contributed by atoms with E-state index >= 15 is 0 Å². The number of allylic oxidation sites excluding steroid dienone is 1. The molecule has 1 aliphatic rings. The second-order valence-corrected chi connectivity index (χ2v) is 4.19. The predicted molar refractivity (Wildman–Crippen MR) is 62.8 cm³/mol. The zero-order chi connectivity index (χ0) is 13.8. The van der Waals surface area contributed by atoms with Crippen LogP contribution in [0.25, 0.3) is 5.53 Å². The first kappa shape index (κ1) is 14.3. The van der Waals surface area contributed by atoms with Gasteiger partial charge in [0, 0.05) is 0 Å². The third-order valence-electron chi connectivity index (χ3n) is 3.06. The van der Waals surface area contributed by atoms with Gasteiger partial charge >= 0.3 is 11.7 Å². The minimum atomic E-state index is -1.29. The van der Waals surface area contributed by atoms with Gasteiger partial charge in [-0.25, -0.2) is 4.79 Å². The maximum absolute atomic E-state index is 12.0. The van der Waals surface area contributed by atoms with E-state index in [4.69, 9.17) is 5.53 Å². The van der Waals surface area contributed by atoms with Crippen LogP contribution in [0.15, 0.2) is 12.2 Å². The molecule has 1 aliphatic carbocycles. The first-order valence-corrected chi connectivity index (χ1v) is 5.79. The fraction of sp³-hybridized carbons (Fsp3) is 0.583. The summed E-state index contributed by atoms with van der Waals surface area (Å²) < 4.78 is 4.61. The Kier molecular flexibility index (Phi) is 4.53. The average molecular weight is 252 g/mol. The molecule has 6 nitrogen and oxygen atoms in total. The van der Waals surface area contributed by atoms with Crippen molar-refractivity contribution >= 4 is 17.5 Å². The third-order valence-corrected chi connectivity index (χ3v) is 3.06. The first-order valence-electron chi connectivity index (χ1n) is 5.79. The molecule has 0 amide bonds. The third kappa shape index (κ3) is 2.72. The molecule has 0 aromatic carbocycles. The number of ketones is 1. The highest BCUT2D eigenvalue weighted by molar-refractivity contribution is 6.62. The second kappa shape index (κ2) is 5.71. The van der Waals surface area contributed by atoms with E-state index in [-0.39, 0.29) is 6.61 Å².